The molecule has 0 aliphatic heterocycles. The van der Waals surface area contributed by atoms with Gasteiger partial charge in [0, 0.05) is 17.7 Å². The van der Waals surface area contributed by atoms with E-state index >= 15 is 0 Å². The van der Waals surface area contributed by atoms with Crippen LogP contribution in [-0.2, 0) is 0 Å². The highest BCUT2D eigenvalue weighted by Crippen LogP contribution is 2.25. The fraction of sp³-hybridized carbons (Fsp3) is 0.0870. The van der Waals surface area contributed by atoms with Crippen molar-refractivity contribution in [2.75, 3.05) is 0 Å². The number of rotatable bonds is 2. The van der Waals surface area contributed by atoms with Crippen LogP contribution in [0.4, 0.5) is 23.0 Å². The van der Waals surface area contributed by atoms with Gasteiger partial charge in [0.1, 0.15) is 11.3 Å². The number of benzene rings is 3. The molecule has 1 N–H and O–H groups in total. The molecule has 0 bridgehead atoms. The number of halogens is 6. The van der Waals surface area contributed by atoms with E-state index in [1.165, 1.54) is 0 Å². The van der Waals surface area contributed by atoms with Gasteiger partial charge in [0.2, 0.25) is 11.0 Å². The predicted octanol–water partition coefficient (Wildman–Crippen LogP) is 6.64. The smallest absolute Gasteiger partial charge is 0.456 e. The molecule has 0 unspecified atom stereocenters. The van der Waals surface area contributed by atoms with Crippen LogP contribution in [-0.4, -0.2) is 7.25 Å². The van der Waals surface area contributed by atoms with Crippen LogP contribution in [0.5, 0.6) is 0 Å². The fourth-order valence-corrected chi connectivity index (χ4v) is 3.58. The maximum Gasteiger partial charge on any atom is 0.673 e. The summed E-state index contributed by atoms with van der Waals surface area (Å²) in [4.78, 5) is 3.48. The lowest BCUT2D eigenvalue weighted by atomic mass is 10.0. The average molecular weight is 482 g/mol. The van der Waals surface area contributed by atoms with Crippen LogP contribution in [0.1, 0.15) is 11.1 Å². The van der Waals surface area contributed by atoms with Crippen LogP contribution in [0.3, 0.4) is 0 Å². The summed E-state index contributed by atoms with van der Waals surface area (Å²) in [5.74, 6) is 0.802. The SMILES string of the molecule is Cc1cc(C)c2c(=[NH+]c3ccc(Cl)c(Cl)c3)cc(-c3ccccc3)oc2c1.F[B-](F)(F)F. The standard InChI is InChI=1S/C23H17Cl2NO.BF4/c1-14-10-15(2)23-20(26-17-8-9-18(24)19(25)12-17)13-21(27-22(23)11-14)16-6-4-3-5-7-16;2-1(3,4)5/h3-13H,1-2H3;/q;-1/p+1. The number of hydrogen-bond acceptors (Lipinski definition) is 1. The molecule has 32 heavy (non-hydrogen) atoms. The Morgan fingerprint density at radius 2 is 1.47 bits per heavy atom. The highest BCUT2D eigenvalue weighted by Gasteiger charge is 2.20. The first kappa shape index (κ1) is 23.9. The zero-order valence-electron chi connectivity index (χ0n) is 17.1. The first-order valence-corrected chi connectivity index (χ1v) is 10.3. The number of nitrogens with one attached hydrogen (secondary N) is 1. The third kappa shape index (κ3) is 6.37. The zero-order chi connectivity index (χ0) is 23.5. The molecule has 3 aromatic carbocycles. The molecule has 4 aromatic rings. The summed E-state index contributed by atoms with van der Waals surface area (Å²) >= 11 is 12.2. The molecular weight excluding hydrogens is 464 g/mol. The molecule has 0 amide bonds. The average Bonchev–Trinajstić information content (AvgIpc) is 2.69. The molecule has 0 spiro atoms. The lowest BCUT2D eigenvalue weighted by Crippen LogP contribution is -2.70. The van der Waals surface area contributed by atoms with E-state index in [-0.39, 0.29) is 0 Å². The van der Waals surface area contributed by atoms with Gasteiger partial charge >= 0.3 is 7.25 Å². The fourth-order valence-electron chi connectivity index (χ4n) is 3.28. The largest absolute Gasteiger partial charge is 0.673 e. The van der Waals surface area contributed by atoms with E-state index in [4.69, 9.17) is 27.6 Å². The normalized spacial score (nSPS) is 11.9. The van der Waals surface area contributed by atoms with Crippen LogP contribution in [0.15, 0.2) is 71.1 Å². The van der Waals surface area contributed by atoms with Gasteiger partial charge in [0.25, 0.3) is 0 Å². The van der Waals surface area contributed by atoms with Crippen molar-refractivity contribution < 1.29 is 26.7 Å². The minimum Gasteiger partial charge on any atom is -0.456 e. The monoisotopic (exact) mass is 481 g/mol. The Morgan fingerprint density at radius 3 is 2.09 bits per heavy atom. The summed E-state index contributed by atoms with van der Waals surface area (Å²) in [7, 11) is -6.00. The highest BCUT2D eigenvalue weighted by atomic mass is 35.5. The van der Waals surface area contributed by atoms with Gasteiger partial charge in [0.05, 0.1) is 21.5 Å². The summed E-state index contributed by atoms with van der Waals surface area (Å²) in [6.07, 6.45) is 0. The molecular formula is C23H18BCl2F4NO. The molecule has 9 heteroatoms. The van der Waals surface area contributed by atoms with Crippen molar-refractivity contribution in [3.05, 3.63) is 93.3 Å². The molecule has 0 radical (unpaired) electrons. The maximum absolute atomic E-state index is 9.75. The van der Waals surface area contributed by atoms with Crippen LogP contribution < -0.4 is 10.3 Å². The van der Waals surface area contributed by atoms with Crippen LogP contribution in [0, 0.1) is 13.8 Å². The Balaban J connectivity index is 0.000000523. The lowest BCUT2D eigenvalue weighted by Gasteiger charge is -2.06. The Hall–Kier alpha value is -2.77. The van der Waals surface area contributed by atoms with Gasteiger partial charge in [-0.05, 0) is 37.1 Å². The maximum atomic E-state index is 9.75. The van der Waals surface area contributed by atoms with E-state index < -0.39 is 7.25 Å². The van der Waals surface area contributed by atoms with Crippen molar-refractivity contribution in [1.29, 1.82) is 0 Å². The van der Waals surface area contributed by atoms with Gasteiger partial charge in [-0.2, -0.15) is 0 Å². The summed E-state index contributed by atoms with van der Waals surface area (Å²) in [5.41, 5.74) is 5.05. The van der Waals surface area contributed by atoms with Crippen molar-refractivity contribution in [3.8, 4) is 11.3 Å². The van der Waals surface area contributed by atoms with Gasteiger partial charge in [0.15, 0.2) is 0 Å². The van der Waals surface area contributed by atoms with Gasteiger partial charge in [-0.15, -0.1) is 0 Å². The van der Waals surface area contributed by atoms with Gasteiger partial charge in [-0.3, -0.25) is 0 Å². The van der Waals surface area contributed by atoms with Crippen molar-refractivity contribution in [2.45, 2.75) is 13.8 Å². The lowest BCUT2D eigenvalue weighted by molar-refractivity contribution is -0.400. The Morgan fingerprint density at radius 1 is 0.812 bits per heavy atom. The van der Waals surface area contributed by atoms with Crippen molar-refractivity contribution >= 4 is 47.1 Å². The third-order valence-electron chi connectivity index (χ3n) is 4.47. The van der Waals surface area contributed by atoms with E-state index in [1.54, 1.807) is 6.07 Å². The second-order valence-corrected chi connectivity index (χ2v) is 7.91. The van der Waals surface area contributed by atoms with E-state index in [2.05, 4.69) is 31.0 Å². The Labute approximate surface area is 192 Å². The second-order valence-electron chi connectivity index (χ2n) is 7.09. The number of hydrogen-bond donors (Lipinski definition) is 1. The molecule has 2 nitrogen and oxygen atoms in total. The van der Waals surface area contributed by atoms with E-state index in [0.29, 0.717) is 10.0 Å². The summed E-state index contributed by atoms with van der Waals surface area (Å²) in [6.45, 7) is 4.16. The summed E-state index contributed by atoms with van der Waals surface area (Å²) in [5, 5.41) is 3.06. The molecule has 0 saturated carbocycles. The van der Waals surface area contributed by atoms with Crippen LogP contribution in [0.25, 0.3) is 22.3 Å². The second kappa shape index (κ2) is 9.80. The van der Waals surface area contributed by atoms with Gasteiger partial charge < -0.3 is 21.7 Å². The first-order valence-electron chi connectivity index (χ1n) is 9.54. The molecule has 0 saturated heterocycles. The molecule has 0 aliphatic carbocycles. The number of fused-ring (bicyclic) bond motifs is 1. The van der Waals surface area contributed by atoms with E-state index in [1.807, 2.05) is 48.5 Å². The van der Waals surface area contributed by atoms with Crippen molar-refractivity contribution in [2.24, 2.45) is 0 Å². The molecule has 1 heterocycles. The quantitative estimate of drug-likeness (QED) is 0.252. The van der Waals surface area contributed by atoms with Crippen LogP contribution in [0.2, 0.25) is 10.0 Å². The third-order valence-corrected chi connectivity index (χ3v) is 5.20. The summed E-state index contributed by atoms with van der Waals surface area (Å²) in [6, 6.07) is 21.8. The topological polar surface area (TPSA) is 27.1 Å². The minimum atomic E-state index is -6.00. The molecule has 4 rings (SSSR count). The highest BCUT2D eigenvalue weighted by molar-refractivity contribution is 6.50. The zero-order valence-corrected chi connectivity index (χ0v) is 18.6. The van der Waals surface area contributed by atoms with Gasteiger partial charge in [-0.1, -0.05) is 59.6 Å². The van der Waals surface area contributed by atoms with Crippen LogP contribution >= 0.6 is 23.2 Å². The molecule has 1 aromatic heterocycles. The van der Waals surface area contributed by atoms with Gasteiger partial charge in [-0.25, -0.2) is 4.99 Å². The van der Waals surface area contributed by atoms with E-state index in [9.17, 15) is 17.3 Å². The summed E-state index contributed by atoms with van der Waals surface area (Å²) < 4.78 is 45.2. The van der Waals surface area contributed by atoms with Crippen molar-refractivity contribution in [1.82, 2.24) is 0 Å². The first-order chi connectivity index (χ1) is 15.0. The molecule has 0 aliphatic rings. The number of aryl methyl sites for hydroxylation is 2. The molecule has 0 fully saturated rings. The van der Waals surface area contributed by atoms with Crippen molar-refractivity contribution in [3.63, 3.8) is 0 Å². The minimum absolute atomic E-state index is 0.516. The Bertz CT molecular complexity index is 1320. The predicted molar refractivity (Wildman–Crippen MR) is 122 cm³/mol. The molecule has 0 atom stereocenters. The molecule has 166 valence electrons. The van der Waals surface area contributed by atoms with E-state index in [0.717, 1.165) is 44.5 Å². The Kier molecular flexibility index (Phi) is 7.31.